The van der Waals surface area contributed by atoms with Gasteiger partial charge >= 0.3 is 0 Å². The number of phenolic OH excluding ortho intramolecular Hbond substituents is 1. The minimum Gasteiger partial charge on any atom is -0.507 e. The Labute approximate surface area is 136 Å². The van der Waals surface area contributed by atoms with Crippen molar-refractivity contribution < 1.29 is 14.7 Å². The van der Waals surface area contributed by atoms with Crippen LogP contribution in [-0.4, -0.2) is 34.9 Å². The molecule has 0 atom stereocenters. The molecule has 1 aliphatic heterocycles. The molecule has 0 bridgehead atoms. The number of hydrogen-bond donors (Lipinski definition) is 3. The molecule has 2 rings (SSSR count). The first-order chi connectivity index (χ1) is 11.0. The van der Waals surface area contributed by atoms with Gasteiger partial charge in [0.2, 0.25) is 5.91 Å². The van der Waals surface area contributed by atoms with Crippen molar-refractivity contribution in [1.29, 1.82) is 0 Å². The number of carbonyl (C=O) groups is 2. The van der Waals surface area contributed by atoms with E-state index in [0.717, 1.165) is 25.9 Å². The minimum atomic E-state index is -0.474. The van der Waals surface area contributed by atoms with Crippen molar-refractivity contribution >= 4 is 11.8 Å². The number of carbonyl (C=O) groups excluding carboxylic acids is 2. The molecule has 23 heavy (non-hydrogen) atoms. The number of likely N-dealkylation sites (tertiary alicyclic amines) is 1. The third kappa shape index (κ3) is 4.48. The van der Waals surface area contributed by atoms with E-state index in [9.17, 15) is 14.7 Å². The monoisotopic (exact) mass is 317 g/mol. The second kappa shape index (κ2) is 7.67. The molecule has 6 heteroatoms. The highest BCUT2D eigenvalue weighted by Crippen LogP contribution is 2.20. The van der Waals surface area contributed by atoms with E-state index < -0.39 is 5.91 Å². The van der Waals surface area contributed by atoms with Gasteiger partial charge in [0.25, 0.3) is 5.91 Å². The molecular formula is C17H23N3O3. The molecule has 124 valence electrons. The lowest BCUT2D eigenvalue weighted by Crippen LogP contribution is -2.40. The van der Waals surface area contributed by atoms with E-state index in [-0.39, 0.29) is 23.6 Å². The Morgan fingerprint density at radius 3 is 2.61 bits per heavy atom. The van der Waals surface area contributed by atoms with E-state index >= 15 is 0 Å². The van der Waals surface area contributed by atoms with E-state index in [0.29, 0.717) is 11.3 Å². The number of nitrogens with one attached hydrogen (secondary N) is 2. The van der Waals surface area contributed by atoms with Crippen LogP contribution in [0.1, 0.15) is 41.6 Å². The molecule has 1 aromatic rings. The normalized spacial score (nSPS) is 14.2. The Kier molecular flexibility index (Phi) is 5.62. The van der Waals surface area contributed by atoms with Crippen LogP contribution in [0.25, 0.3) is 0 Å². The number of amides is 2. The SMILES string of the molecule is C=C(CC(=O)N1CCCCC1)NNC(=O)c1cccc(C)c1O. The summed E-state index contributed by atoms with van der Waals surface area (Å²) in [5.74, 6) is -0.519. The largest absolute Gasteiger partial charge is 0.507 e. The molecule has 0 aliphatic carbocycles. The second-order valence-corrected chi connectivity index (χ2v) is 5.77. The third-order valence-electron chi connectivity index (χ3n) is 3.91. The molecule has 3 N–H and O–H groups in total. The molecule has 6 nitrogen and oxygen atoms in total. The van der Waals surface area contributed by atoms with Gasteiger partial charge in [0, 0.05) is 18.8 Å². The van der Waals surface area contributed by atoms with Crippen molar-refractivity contribution in [3.8, 4) is 5.75 Å². The molecule has 0 spiro atoms. The molecular weight excluding hydrogens is 294 g/mol. The van der Waals surface area contributed by atoms with E-state index in [4.69, 9.17) is 0 Å². The zero-order valence-corrected chi connectivity index (χ0v) is 13.4. The topological polar surface area (TPSA) is 81.7 Å². The van der Waals surface area contributed by atoms with Crippen LogP contribution < -0.4 is 10.9 Å². The molecule has 0 radical (unpaired) electrons. The lowest BCUT2D eigenvalue weighted by Gasteiger charge is -2.27. The number of benzene rings is 1. The van der Waals surface area contributed by atoms with Crippen molar-refractivity contribution in [1.82, 2.24) is 15.8 Å². The van der Waals surface area contributed by atoms with Crippen LogP contribution in [0.2, 0.25) is 0 Å². The molecule has 2 amide bonds. The number of phenols is 1. The highest BCUT2D eigenvalue weighted by molar-refractivity contribution is 5.97. The van der Waals surface area contributed by atoms with Gasteiger partial charge in [-0.2, -0.15) is 0 Å². The van der Waals surface area contributed by atoms with Crippen LogP contribution in [0.3, 0.4) is 0 Å². The van der Waals surface area contributed by atoms with Gasteiger partial charge < -0.3 is 15.4 Å². The van der Waals surface area contributed by atoms with Crippen LogP contribution in [0.5, 0.6) is 5.75 Å². The number of aryl methyl sites for hydroxylation is 1. The quantitative estimate of drug-likeness (QED) is 0.724. The highest BCUT2D eigenvalue weighted by Gasteiger charge is 2.17. The number of aromatic hydroxyl groups is 1. The number of rotatable bonds is 5. The van der Waals surface area contributed by atoms with Crippen LogP contribution >= 0.6 is 0 Å². The molecule has 0 aromatic heterocycles. The lowest BCUT2D eigenvalue weighted by molar-refractivity contribution is -0.131. The van der Waals surface area contributed by atoms with Crippen LogP contribution in [-0.2, 0) is 4.79 Å². The van der Waals surface area contributed by atoms with Crippen LogP contribution in [0, 0.1) is 6.92 Å². The molecule has 0 unspecified atom stereocenters. The first-order valence-corrected chi connectivity index (χ1v) is 7.79. The number of piperidine rings is 1. The van der Waals surface area contributed by atoms with Crippen molar-refractivity contribution in [3.63, 3.8) is 0 Å². The van der Waals surface area contributed by atoms with Crippen LogP contribution in [0.4, 0.5) is 0 Å². The Bertz CT molecular complexity index is 607. The fraction of sp³-hybridized carbons (Fsp3) is 0.412. The summed E-state index contributed by atoms with van der Waals surface area (Å²) in [5.41, 5.74) is 6.31. The molecule has 1 heterocycles. The van der Waals surface area contributed by atoms with Crippen LogP contribution in [0.15, 0.2) is 30.5 Å². The summed E-state index contributed by atoms with van der Waals surface area (Å²) in [4.78, 5) is 26.0. The average Bonchev–Trinajstić information content (AvgIpc) is 2.56. The fourth-order valence-corrected chi connectivity index (χ4v) is 2.54. The first kappa shape index (κ1) is 16.9. The Balaban J connectivity index is 1.83. The minimum absolute atomic E-state index is 0.00912. The predicted molar refractivity (Wildman–Crippen MR) is 87.6 cm³/mol. The van der Waals surface area contributed by atoms with Crippen molar-refractivity contribution in [2.24, 2.45) is 0 Å². The highest BCUT2D eigenvalue weighted by atomic mass is 16.3. The average molecular weight is 317 g/mol. The zero-order valence-electron chi connectivity index (χ0n) is 13.4. The smallest absolute Gasteiger partial charge is 0.273 e. The standard InChI is InChI=1S/C17H23N3O3/c1-12-7-6-8-14(16(12)22)17(23)19-18-13(2)11-15(21)20-9-4-3-5-10-20/h6-8,18,22H,2-5,9-11H2,1H3,(H,19,23). The predicted octanol–water partition coefficient (Wildman–Crippen LogP) is 1.85. The van der Waals surface area contributed by atoms with Gasteiger partial charge in [0.15, 0.2) is 0 Å². The Hall–Kier alpha value is -2.50. The number of hydrogen-bond acceptors (Lipinski definition) is 4. The van der Waals surface area contributed by atoms with Gasteiger partial charge in [-0.3, -0.25) is 15.0 Å². The fourth-order valence-electron chi connectivity index (χ4n) is 2.54. The third-order valence-corrected chi connectivity index (χ3v) is 3.91. The van der Waals surface area contributed by atoms with Gasteiger partial charge in [0.1, 0.15) is 5.75 Å². The first-order valence-electron chi connectivity index (χ1n) is 7.79. The summed E-state index contributed by atoms with van der Waals surface area (Å²) in [6.07, 6.45) is 3.38. The summed E-state index contributed by atoms with van der Waals surface area (Å²) in [6.45, 7) is 7.05. The number of nitrogens with zero attached hydrogens (tertiary/aromatic N) is 1. The Morgan fingerprint density at radius 1 is 1.22 bits per heavy atom. The lowest BCUT2D eigenvalue weighted by atomic mass is 10.1. The van der Waals surface area contributed by atoms with Gasteiger partial charge in [0.05, 0.1) is 12.0 Å². The van der Waals surface area contributed by atoms with E-state index in [1.54, 1.807) is 19.1 Å². The van der Waals surface area contributed by atoms with Crippen molar-refractivity contribution in [2.45, 2.75) is 32.6 Å². The molecule has 1 saturated heterocycles. The number of para-hydroxylation sites is 1. The zero-order chi connectivity index (χ0) is 16.8. The van der Waals surface area contributed by atoms with E-state index in [1.165, 1.54) is 12.5 Å². The van der Waals surface area contributed by atoms with Crippen molar-refractivity contribution in [2.75, 3.05) is 13.1 Å². The van der Waals surface area contributed by atoms with Gasteiger partial charge in [-0.25, -0.2) is 0 Å². The summed E-state index contributed by atoms with van der Waals surface area (Å²) < 4.78 is 0. The number of hydrazine groups is 1. The molecule has 1 aromatic carbocycles. The summed E-state index contributed by atoms with van der Waals surface area (Å²) in [5, 5.41) is 9.88. The summed E-state index contributed by atoms with van der Waals surface area (Å²) in [7, 11) is 0. The molecule has 0 saturated carbocycles. The maximum absolute atomic E-state index is 12.1. The second-order valence-electron chi connectivity index (χ2n) is 5.77. The van der Waals surface area contributed by atoms with Gasteiger partial charge in [-0.1, -0.05) is 18.7 Å². The maximum atomic E-state index is 12.1. The Morgan fingerprint density at radius 2 is 1.91 bits per heavy atom. The molecule has 1 aliphatic rings. The van der Waals surface area contributed by atoms with Gasteiger partial charge in [-0.05, 0) is 37.8 Å². The van der Waals surface area contributed by atoms with Crippen molar-refractivity contribution in [3.05, 3.63) is 41.6 Å². The van der Waals surface area contributed by atoms with E-state index in [1.807, 2.05) is 4.90 Å². The summed E-state index contributed by atoms with van der Waals surface area (Å²) >= 11 is 0. The van der Waals surface area contributed by atoms with E-state index in [2.05, 4.69) is 17.4 Å². The van der Waals surface area contributed by atoms with Gasteiger partial charge in [-0.15, -0.1) is 0 Å². The summed E-state index contributed by atoms with van der Waals surface area (Å²) in [6, 6.07) is 4.94. The molecule has 1 fully saturated rings. The maximum Gasteiger partial charge on any atom is 0.273 e.